The van der Waals surface area contributed by atoms with E-state index in [9.17, 15) is 4.79 Å². The molecular formula is C20H29BrN2O2S. The van der Waals surface area contributed by atoms with Crippen LogP contribution in [-0.4, -0.2) is 23.7 Å². The number of hydrogen-bond acceptors (Lipinski definition) is 3. The van der Waals surface area contributed by atoms with E-state index in [1.807, 2.05) is 12.1 Å². The molecule has 0 atom stereocenters. The lowest BCUT2D eigenvalue weighted by Gasteiger charge is -2.19. The van der Waals surface area contributed by atoms with Gasteiger partial charge >= 0.3 is 0 Å². The van der Waals surface area contributed by atoms with Crippen molar-refractivity contribution in [1.82, 2.24) is 10.6 Å². The number of nitrogens with one attached hydrogen (secondary N) is 2. The Balaban J connectivity index is 1.96. The van der Waals surface area contributed by atoms with E-state index in [1.165, 1.54) is 25.7 Å². The van der Waals surface area contributed by atoms with Crippen molar-refractivity contribution in [2.45, 2.75) is 64.8 Å². The molecule has 0 saturated heterocycles. The molecule has 0 aromatic heterocycles. The van der Waals surface area contributed by atoms with E-state index >= 15 is 0 Å². The van der Waals surface area contributed by atoms with Gasteiger partial charge in [-0.3, -0.25) is 10.1 Å². The van der Waals surface area contributed by atoms with Crippen LogP contribution in [-0.2, 0) is 0 Å². The van der Waals surface area contributed by atoms with Gasteiger partial charge in [-0.05, 0) is 55.6 Å². The lowest BCUT2D eigenvalue weighted by atomic mass is 10.1. The molecule has 1 aliphatic carbocycles. The fourth-order valence-corrected chi connectivity index (χ4v) is 3.65. The Hall–Kier alpha value is -1.14. The summed E-state index contributed by atoms with van der Waals surface area (Å²) >= 11 is 8.78. The first-order valence-corrected chi connectivity index (χ1v) is 10.7. The van der Waals surface area contributed by atoms with E-state index in [1.54, 1.807) is 6.07 Å². The monoisotopic (exact) mass is 440 g/mol. The molecule has 26 heavy (non-hydrogen) atoms. The zero-order valence-electron chi connectivity index (χ0n) is 15.6. The van der Waals surface area contributed by atoms with Gasteiger partial charge in [-0.15, -0.1) is 0 Å². The maximum atomic E-state index is 12.7. The van der Waals surface area contributed by atoms with Crippen molar-refractivity contribution in [1.29, 1.82) is 0 Å². The Bertz CT molecular complexity index is 614. The standard InChI is InChI=1S/C20H29BrN2O2S/c1-14(2)11-12-25-18-10-9-15(21)13-17(18)19(24)23-20(26)22-16-7-5-3-4-6-8-16/h9-10,13-14,16H,3-8,11-12H2,1-2H3,(H2,22,23,24,26). The molecular weight excluding hydrogens is 412 g/mol. The second kappa shape index (κ2) is 10.9. The van der Waals surface area contributed by atoms with Crippen molar-refractivity contribution in [3.05, 3.63) is 28.2 Å². The smallest absolute Gasteiger partial charge is 0.261 e. The third-order valence-electron chi connectivity index (χ3n) is 4.56. The minimum Gasteiger partial charge on any atom is -0.493 e. The molecule has 1 amide bonds. The van der Waals surface area contributed by atoms with Gasteiger partial charge in [0.2, 0.25) is 0 Å². The van der Waals surface area contributed by atoms with Gasteiger partial charge in [-0.25, -0.2) is 0 Å². The number of ether oxygens (including phenoxy) is 1. The largest absolute Gasteiger partial charge is 0.493 e. The minimum atomic E-state index is -0.239. The Morgan fingerprint density at radius 3 is 2.62 bits per heavy atom. The Labute approximate surface area is 170 Å². The minimum absolute atomic E-state index is 0.239. The fraction of sp³-hybridized carbons (Fsp3) is 0.600. The maximum Gasteiger partial charge on any atom is 0.261 e. The normalized spacial score (nSPS) is 15.4. The number of thiocarbonyl (C=S) groups is 1. The molecule has 1 saturated carbocycles. The van der Waals surface area contributed by atoms with Crippen LogP contribution < -0.4 is 15.4 Å². The summed E-state index contributed by atoms with van der Waals surface area (Å²) in [5, 5.41) is 6.51. The highest BCUT2D eigenvalue weighted by molar-refractivity contribution is 9.10. The lowest BCUT2D eigenvalue weighted by molar-refractivity contribution is 0.0972. The molecule has 0 radical (unpaired) electrons. The summed E-state index contributed by atoms with van der Waals surface area (Å²) in [6.45, 7) is 4.89. The molecule has 0 bridgehead atoms. The van der Waals surface area contributed by atoms with Crippen LogP contribution in [0.15, 0.2) is 22.7 Å². The second-order valence-electron chi connectivity index (χ2n) is 7.29. The third kappa shape index (κ3) is 7.23. The molecule has 0 aliphatic heterocycles. The van der Waals surface area contributed by atoms with Gasteiger partial charge in [0, 0.05) is 10.5 Å². The molecule has 1 aromatic rings. The molecule has 4 nitrogen and oxygen atoms in total. The summed E-state index contributed by atoms with van der Waals surface area (Å²) in [5.41, 5.74) is 0.494. The van der Waals surface area contributed by atoms with Crippen molar-refractivity contribution < 1.29 is 9.53 Å². The number of amides is 1. The van der Waals surface area contributed by atoms with E-state index < -0.39 is 0 Å². The molecule has 6 heteroatoms. The van der Waals surface area contributed by atoms with Gasteiger partial charge < -0.3 is 10.1 Å². The van der Waals surface area contributed by atoms with Crippen LogP contribution >= 0.6 is 28.1 Å². The molecule has 2 rings (SSSR count). The van der Waals surface area contributed by atoms with Gasteiger partial charge in [-0.1, -0.05) is 55.5 Å². The van der Waals surface area contributed by atoms with E-state index in [0.29, 0.717) is 35.0 Å². The molecule has 1 aliphatic rings. The maximum absolute atomic E-state index is 12.7. The van der Waals surface area contributed by atoms with Crippen LogP contribution in [0.3, 0.4) is 0 Å². The first-order valence-electron chi connectivity index (χ1n) is 9.50. The van der Waals surface area contributed by atoms with Crippen LogP contribution in [0, 0.1) is 5.92 Å². The Morgan fingerprint density at radius 2 is 1.96 bits per heavy atom. The van der Waals surface area contributed by atoms with Crippen LogP contribution in [0.1, 0.15) is 69.2 Å². The number of carbonyl (C=O) groups excluding carboxylic acids is 1. The first-order chi connectivity index (χ1) is 12.5. The van der Waals surface area contributed by atoms with Crippen LogP contribution in [0.2, 0.25) is 0 Å². The predicted molar refractivity (Wildman–Crippen MR) is 114 cm³/mol. The number of halogens is 1. The second-order valence-corrected chi connectivity index (χ2v) is 8.61. The van der Waals surface area contributed by atoms with Crippen molar-refractivity contribution in [2.24, 2.45) is 5.92 Å². The summed E-state index contributed by atoms with van der Waals surface area (Å²) in [7, 11) is 0. The number of hydrogen-bond donors (Lipinski definition) is 2. The average Bonchev–Trinajstić information content (AvgIpc) is 2.84. The van der Waals surface area contributed by atoms with Crippen LogP contribution in [0.25, 0.3) is 0 Å². The number of rotatable bonds is 6. The molecule has 1 fully saturated rings. The van der Waals surface area contributed by atoms with Crippen molar-refractivity contribution in [2.75, 3.05) is 6.61 Å². The summed E-state index contributed by atoms with van der Waals surface area (Å²) in [6, 6.07) is 5.83. The van der Waals surface area contributed by atoms with E-state index in [0.717, 1.165) is 23.7 Å². The third-order valence-corrected chi connectivity index (χ3v) is 5.27. The molecule has 2 N–H and O–H groups in total. The van der Waals surface area contributed by atoms with Crippen molar-refractivity contribution in [3.8, 4) is 5.75 Å². The summed E-state index contributed by atoms with van der Waals surface area (Å²) < 4.78 is 6.66. The topological polar surface area (TPSA) is 50.4 Å². The molecule has 1 aromatic carbocycles. The van der Waals surface area contributed by atoms with Gasteiger partial charge in [-0.2, -0.15) is 0 Å². The highest BCUT2D eigenvalue weighted by Gasteiger charge is 2.17. The lowest BCUT2D eigenvalue weighted by Crippen LogP contribution is -2.44. The predicted octanol–water partition coefficient (Wildman–Crippen LogP) is 5.20. The zero-order valence-corrected chi connectivity index (χ0v) is 18.0. The van der Waals surface area contributed by atoms with Gasteiger partial charge in [0.25, 0.3) is 5.91 Å². The van der Waals surface area contributed by atoms with Crippen molar-refractivity contribution >= 4 is 39.2 Å². The quantitative estimate of drug-likeness (QED) is 0.471. The van der Waals surface area contributed by atoms with Crippen molar-refractivity contribution in [3.63, 3.8) is 0 Å². The van der Waals surface area contributed by atoms with Crippen LogP contribution in [0.5, 0.6) is 5.75 Å². The Morgan fingerprint density at radius 1 is 1.27 bits per heavy atom. The summed E-state index contributed by atoms with van der Waals surface area (Å²) in [6.07, 6.45) is 8.16. The molecule has 0 heterocycles. The molecule has 0 unspecified atom stereocenters. The highest BCUT2D eigenvalue weighted by atomic mass is 79.9. The summed E-state index contributed by atoms with van der Waals surface area (Å²) in [4.78, 5) is 12.7. The van der Waals surface area contributed by atoms with Gasteiger partial charge in [0.05, 0.1) is 12.2 Å². The Kier molecular flexibility index (Phi) is 8.85. The number of carbonyl (C=O) groups is 1. The molecule has 0 spiro atoms. The average molecular weight is 441 g/mol. The van der Waals surface area contributed by atoms with E-state index in [4.69, 9.17) is 17.0 Å². The zero-order chi connectivity index (χ0) is 18.9. The SMILES string of the molecule is CC(C)CCOc1ccc(Br)cc1C(=O)NC(=S)NC1CCCCCC1. The van der Waals surface area contributed by atoms with Gasteiger partial charge in [0.1, 0.15) is 5.75 Å². The first kappa shape index (κ1) is 21.2. The van der Waals surface area contributed by atoms with Crippen LogP contribution in [0.4, 0.5) is 0 Å². The highest BCUT2D eigenvalue weighted by Crippen LogP contribution is 2.24. The number of benzene rings is 1. The van der Waals surface area contributed by atoms with Gasteiger partial charge in [0.15, 0.2) is 5.11 Å². The summed E-state index contributed by atoms with van der Waals surface area (Å²) in [5.74, 6) is 0.902. The van der Waals surface area contributed by atoms with E-state index in [2.05, 4.69) is 40.4 Å². The van der Waals surface area contributed by atoms with E-state index in [-0.39, 0.29) is 5.91 Å². The molecule has 144 valence electrons. The fourth-order valence-electron chi connectivity index (χ4n) is 3.03.